The average Bonchev–Trinajstić information content (AvgIpc) is 3.43. The minimum Gasteiger partial charge on any atom is -0.403 e. The molecule has 0 radical (unpaired) electrons. The number of hydrogen-bond acceptors (Lipinski definition) is 6. The Balaban J connectivity index is 1.40. The lowest BCUT2D eigenvalue weighted by Gasteiger charge is -2.08. The zero-order valence-corrected chi connectivity index (χ0v) is 17.2. The van der Waals surface area contributed by atoms with Gasteiger partial charge in [-0.25, -0.2) is 0 Å². The highest BCUT2D eigenvalue weighted by Gasteiger charge is 2.30. The Hall–Kier alpha value is -3.72. The Morgan fingerprint density at radius 1 is 0.969 bits per heavy atom. The molecule has 5 aromatic rings. The molecule has 0 fully saturated rings. The summed E-state index contributed by atoms with van der Waals surface area (Å²) in [5.41, 5.74) is 2.30. The molecule has 32 heavy (non-hydrogen) atoms. The minimum atomic E-state index is -4.43. The van der Waals surface area contributed by atoms with Crippen molar-refractivity contribution in [1.82, 2.24) is 15.2 Å². The van der Waals surface area contributed by atoms with Crippen molar-refractivity contribution < 1.29 is 17.6 Å². The van der Waals surface area contributed by atoms with Gasteiger partial charge in [0, 0.05) is 28.6 Å². The second-order valence-corrected chi connectivity index (χ2v) is 8.04. The lowest BCUT2D eigenvalue weighted by Crippen LogP contribution is -2.05. The number of halogens is 3. The van der Waals surface area contributed by atoms with Crippen LogP contribution >= 0.6 is 11.3 Å². The van der Waals surface area contributed by atoms with Gasteiger partial charge in [-0.2, -0.15) is 13.2 Å². The van der Waals surface area contributed by atoms with Crippen molar-refractivity contribution in [3.05, 3.63) is 88.2 Å². The fraction of sp³-hybridized carbons (Fsp3) is 0.0870. The van der Waals surface area contributed by atoms with E-state index in [1.807, 2.05) is 41.8 Å². The molecule has 0 saturated heterocycles. The van der Waals surface area contributed by atoms with Crippen molar-refractivity contribution in [1.29, 1.82) is 0 Å². The van der Waals surface area contributed by atoms with E-state index in [2.05, 4.69) is 20.5 Å². The molecule has 2 aromatic carbocycles. The quantitative estimate of drug-likeness (QED) is 0.321. The highest BCUT2D eigenvalue weighted by molar-refractivity contribution is 7.10. The second kappa shape index (κ2) is 8.08. The van der Waals surface area contributed by atoms with Crippen molar-refractivity contribution in [3.8, 4) is 11.5 Å². The van der Waals surface area contributed by atoms with Gasteiger partial charge in [0.1, 0.15) is 0 Å². The molecule has 5 nitrogen and oxygen atoms in total. The number of anilines is 2. The highest BCUT2D eigenvalue weighted by Crippen LogP contribution is 2.33. The van der Waals surface area contributed by atoms with E-state index in [9.17, 15) is 13.2 Å². The van der Waals surface area contributed by atoms with E-state index in [1.165, 1.54) is 12.1 Å². The Morgan fingerprint density at radius 2 is 1.84 bits per heavy atom. The number of benzene rings is 2. The Bertz CT molecular complexity index is 1390. The third kappa shape index (κ3) is 4.06. The van der Waals surface area contributed by atoms with E-state index in [0.717, 1.165) is 39.0 Å². The van der Waals surface area contributed by atoms with Gasteiger partial charge in [0.25, 0.3) is 5.89 Å². The van der Waals surface area contributed by atoms with Gasteiger partial charge in [0.15, 0.2) is 0 Å². The van der Waals surface area contributed by atoms with E-state index < -0.39 is 11.7 Å². The van der Waals surface area contributed by atoms with E-state index in [0.29, 0.717) is 12.3 Å². The summed E-state index contributed by atoms with van der Waals surface area (Å²) in [4.78, 5) is 5.44. The van der Waals surface area contributed by atoms with Crippen LogP contribution < -0.4 is 5.32 Å². The van der Waals surface area contributed by atoms with Gasteiger partial charge < -0.3 is 9.73 Å². The summed E-state index contributed by atoms with van der Waals surface area (Å²) in [7, 11) is 0. The van der Waals surface area contributed by atoms with Crippen molar-refractivity contribution >= 4 is 33.9 Å². The maximum Gasteiger partial charge on any atom is 0.416 e. The number of hydrogen-bond donors (Lipinski definition) is 1. The Labute approximate surface area is 184 Å². The summed E-state index contributed by atoms with van der Waals surface area (Å²) in [5.74, 6) is 0.300. The topological polar surface area (TPSA) is 63.8 Å². The first-order chi connectivity index (χ1) is 15.5. The van der Waals surface area contributed by atoms with E-state index in [1.54, 1.807) is 17.5 Å². The Morgan fingerprint density at radius 3 is 2.72 bits per heavy atom. The summed E-state index contributed by atoms with van der Waals surface area (Å²) in [6, 6.07) is 16.7. The molecular weight excluding hydrogens is 437 g/mol. The number of nitrogens with zero attached hydrogens (tertiary/aromatic N) is 3. The van der Waals surface area contributed by atoms with Gasteiger partial charge in [-0.1, -0.05) is 29.4 Å². The van der Waals surface area contributed by atoms with E-state index in [4.69, 9.17) is 4.42 Å². The highest BCUT2D eigenvalue weighted by atomic mass is 32.1. The third-order valence-corrected chi connectivity index (χ3v) is 5.85. The number of pyridine rings is 1. The van der Waals surface area contributed by atoms with Gasteiger partial charge in [-0.3, -0.25) is 4.98 Å². The maximum atomic E-state index is 12.9. The standard InChI is InChI=1S/C23H15F3N4OS/c24-23(25,26)15-4-3-5-16(13-15)28-22-30-29-21(31-22)18-9-11-32-20(18)12-14-8-10-27-19-7-2-1-6-17(14)19/h1-11,13H,12H2,(H,28,30). The molecule has 0 saturated carbocycles. The molecule has 3 heterocycles. The molecule has 9 heteroatoms. The van der Waals surface area contributed by atoms with Crippen LogP contribution in [0.15, 0.2) is 76.7 Å². The number of fused-ring (bicyclic) bond motifs is 1. The van der Waals surface area contributed by atoms with Crippen LogP contribution in [0.1, 0.15) is 16.0 Å². The first kappa shape index (κ1) is 20.2. The second-order valence-electron chi connectivity index (χ2n) is 7.04. The molecule has 0 bridgehead atoms. The number of rotatable bonds is 5. The van der Waals surface area contributed by atoms with Crippen LogP contribution in [0.2, 0.25) is 0 Å². The van der Waals surface area contributed by atoms with Crippen molar-refractivity contribution in [2.75, 3.05) is 5.32 Å². The first-order valence-electron chi connectivity index (χ1n) is 9.64. The predicted molar refractivity (Wildman–Crippen MR) is 117 cm³/mol. The molecule has 0 aliphatic heterocycles. The molecule has 1 N–H and O–H groups in total. The molecular formula is C23H15F3N4OS. The largest absolute Gasteiger partial charge is 0.416 e. The number of nitrogens with one attached hydrogen (secondary N) is 1. The third-order valence-electron chi connectivity index (χ3n) is 4.93. The molecule has 0 aliphatic rings. The predicted octanol–water partition coefficient (Wildman–Crippen LogP) is 6.70. The molecule has 0 unspecified atom stereocenters. The van der Waals surface area contributed by atoms with Crippen molar-refractivity contribution in [2.24, 2.45) is 0 Å². The van der Waals surface area contributed by atoms with Crippen LogP contribution in [0.4, 0.5) is 24.9 Å². The van der Waals surface area contributed by atoms with Crippen LogP contribution in [0.3, 0.4) is 0 Å². The van der Waals surface area contributed by atoms with Gasteiger partial charge in [-0.05, 0) is 47.3 Å². The van der Waals surface area contributed by atoms with Crippen LogP contribution in [0.5, 0.6) is 0 Å². The number of alkyl halides is 3. The zero-order chi connectivity index (χ0) is 22.1. The van der Waals surface area contributed by atoms with Gasteiger partial charge >= 0.3 is 12.2 Å². The summed E-state index contributed by atoms with van der Waals surface area (Å²) in [5, 5.41) is 13.8. The summed E-state index contributed by atoms with van der Waals surface area (Å²) >= 11 is 1.57. The zero-order valence-electron chi connectivity index (χ0n) is 16.4. The molecule has 0 aliphatic carbocycles. The van der Waals surface area contributed by atoms with Crippen LogP contribution in [-0.4, -0.2) is 15.2 Å². The molecule has 0 amide bonds. The molecule has 3 aromatic heterocycles. The van der Waals surface area contributed by atoms with Crippen LogP contribution in [0.25, 0.3) is 22.4 Å². The summed E-state index contributed by atoms with van der Waals surface area (Å²) in [6.45, 7) is 0. The lowest BCUT2D eigenvalue weighted by molar-refractivity contribution is -0.137. The number of aromatic nitrogens is 3. The fourth-order valence-electron chi connectivity index (χ4n) is 3.43. The smallest absolute Gasteiger partial charge is 0.403 e. The minimum absolute atomic E-state index is 0.0193. The van der Waals surface area contributed by atoms with Crippen molar-refractivity contribution in [3.63, 3.8) is 0 Å². The average molecular weight is 452 g/mol. The number of thiophene rings is 1. The van der Waals surface area contributed by atoms with Gasteiger partial charge in [-0.15, -0.1) is 16.4 Å². The monoisotopic (exact) mass is 452 g/mol. The lowest BCUT2D eigenvalue weighted by atomic mass is 10.0. The fourth-order valence-corrected chi connectivity index (χ4v) is 4.32. The van der Waals surface area contributed by atoms with E-state index in [-0.39, 0.29) is 11.7 Å². The van der Waals surface area contributed by atoms with Crippen molar-refractivity contribution in [2.45, 2.75) is 12.6 Å². The van der Waals surface area contributed by atoms with E-state index >= 15 is 0 Å². The SMILES string of the molecule is FC(F)(F)c1cccc(Nc2nnc(-c3ccsc3Cc3ccnc4ccccc34)o2)c1. The van der Waals surface area contributed by atoms with Gasteiger partial charge in [0.05, 0.1) is 16.6 Å². The van der Waals surface area contributed by atoms with Crippen LogP contribution in [-0.2, 0) is 12.6 Å². The van der Waals surface area contributed by atoms with Crippen LogP contribution in [0, 0.1) is 0 Å². The molecule has 5 rings (SSSR count). The summed E-state index contributed by atoms with van der Waals surface area (Å²) < 4.78 is 44.5. The Kier molecular flexibility index (Phi) is 5.10. The summed E-state index contributed by atoms with van der Waals surface area (Å²) in [6.07, 6.45) is -1.98. The molecule has 160 valence electrons. The normalized spacial score (nSPS) is 11.7. The number of para-hydroxylation sites is 1. The first-order valence-corrected chi connectivity index (χ1v) is 10.5. The maximum absolute atomic E-state index is 12.9. The molecule has 0 atom stereocenters. The van der Waals surface area contributed by atoms with Gasteiger partial charge in [0.2, 0.25) is 0 Å². The molecule has 0 spiro atoms.